The van der Waals surface area contributed by atoms with Crippen LogP contribution in [0.5, 0.6) is 5.75 Å². The number of aliphatic hydroxyl groups is 2. The monoisotopic (exact) mass is 270 g/mol. The summed E-state index contributed by atoms with van der Waals surface area (Å²) < 4.78 is 5.25. The lowest BCUT2D eigenvalue weighted by Crippen LogP contribution is -2.38. The van der Waals surface area contributed by atoms with Gasteiger partial charge in [0, 0.05) is 18.6 Å². The van der Waals surface area contributed by atoms with E-state index in [9.17, 15) is 20.1 Å². The zero-order valence-corrected chi connectivity index (χ0v) is 10.1. The third-order valence-electron chi connectivity index (χ3n) is 2.54. The van der Waals surface area contributed by atoms with Crippen LogP contribution in [0.4, 0.5) is 5.69 Å². The van der Waals surface area contributed by atoms with E-state index in [1.807, 2.05) is 0 Å². The highest BCUT2D eigenvalue weighted by Crippen LogP contribution is 2.18. The van der Waals surface area contributed by atoms with Crippen molar-refractivity contribution in [3.05, 3.63) is 39.3 Å². The van der Waals surface area contributed by atoms with Gasteiger partial charge in [0.2, 0.25) is 0 Å². The average Bonchev–Trinajstić information content (AvgIpc) is 2.39. The molecule has 1 aromatic rings. The number of nitro benzene ring substituents is 1. The van der Waals surface area contributed by atoms with Crippen LogP contribution in [0.25, 0.3) is 0 Å². The first-order valence-electron chi connectivity index (χ1n) is 5.50. The Hall–Kier alpha value is -2.06. The lowest BCUT2D eigenvalue weighted by molar-refractivity contribution is -0.384. The van der Waals surface area contributed by atoms with Crippen LogP contribution >= 0.6 is 0 Å². The largest absolute Gasteiger partial charge is 0.493 e. The van der Waals surface area contributed by atoms with Crippen molar-refractivity contribution in [2.75, 3.05) is 19.8 Å². The summed E-state index contributed by atoms with van der Waals surface area (Å²) in [6.07, 6.45) is 0.0201. The third kappa shape index (κ3) is 4.60. The number of hydrogen-bond acceptors (Lipinski definition) is 7. The summed E-state index contributed by atoms with van der Waals surface area (Å²) in [5.41, 5.74) is -1.65. The van der Waals surface area contributed by atoms with Crippen molar-refractivity contribution >= 4 is 5.69 Å². The van der Waals surface area contributed by atoms with Crippen LogP contribution < -0.4 is 4.74 Å². The molecule has 0 aliphatic rings. The summed E-state index contributed by atoms with van der Waals surface area (Å²) in [5.74, 6) is 0.393. The van der Waals surface area contributed by atoms with Gasteiger partial charge in [-0.25, -0.2) is 0 Å². The zero-order valence-electron chi connectivity index (χ0n) is 10.1. The van der Waals surface area contributed by atoms with Gasteiger partial charge in [-0.2, -0.15) is 4.91 Å². The topological polar surface area (TPSA) is 122 Å². The summed E-state index contributed by atoms with van der Waals surface area (Å²) in [6.45, 7) is -0.972. The highest BCUT2D eigenvalue weighted by Gasteiger charge is 2.26. The van der Waals surface area contributed by atoms with Crippen LogP contribution in [0.1, 0.15) is 6.42 Å². The second-order valence-corrected chi connectivity index (χ2v) is 4.02. The first-order chi connectivity index (χ1) is 9.00. The first kappa shape index (κ1) is 15.0. The minimum Gasteiger partial charge on any atom is -0.493 e. The summed E-state index contributed by atoms with van der Waals surface area (Å²) >= 11 is 0. The van der Waals surface area contributed by atoms with Gasteiger partial charge < -0.3 is 14.9 Å². The SMILES string of the molecule is O=NCC(O)(CO)CCOc1ccc([N+](=O)[O-])cc1. The highest BCUT2D eigenvalue weighted by atomic mass is 16.6. The van der Waals surface area contributed by atoms with E-state index in [2.05, 4.69) is 5.18 Å². The molecule has 0 aromatic heterocycles. The van der Waals surface area contributed by atoms with Gasteiger partial charge in [-0.1, -0.05) is 5.18 Å². The second kappa shape index (κ2) is 6.76. The summed E-state index contributed by atoms with van der Waals surface area (Å²) in [6, 6.07) is 5.43. The Morgan fingerprint density at radius 3 is 2.47 bits per heavy atom. The van der Waals surface area contributed by atoms with E-state index in [1.165, 1.54) is 24.3 Å². The Kier molecular flexibility index (Phi) is 5.34. The molecule has 1 rings (SSSR count). The quantitative estimate of drug-likeness (QED) is 0.410. The van der Waals surface area contributed by atoms with Crippen LogP contribution in [0.15, 0.2) is 29.4 Å². The molecular formula is C11H14N2O6. The highest BCUT2D eigenvalue weighted by molar-refractivity contribution is 5.35. The Morgan fingerprint density at radius 1 is 1.37 bits per heavy atom. The zero-order chi connectivity index (χ0) is 14.3. The minimum absolute atomic E-state index is 0.0201. The Labute approximate surface area is 108 Å². The molecule has 8 heteroatoms. The summed E-state index contributed by atoms with van der Waals surface area (Å²) in [7, 11) is 0. The normalized spacial score (nSPS) is 13.6. The average molecular weight is 270 g/mol. The molecule has 0 heterocycles. The van der Waals surface area contributed by atoms with Gasteiger partial charge in [-0.05, 0) is 12.1 Å². The van der Waals surface area contributed by atoms with Gasteiger partial charge in [0.15, 0.2) is 0 Å². The molecular weight excluding hydrogens is 256 g/mol. The fraction of sp³-hybridized carbons (Fsp3) is 0.455. The van der Waals surface area contributed by atoms with Crippen LogP contribution in [-0.2, 0) is 0 Å². The number of hydrogen-bond donors (Lipinski definition) is 2. The third-order valence-corrected chi connectivity index (χ3v) is 2.54. The van der Waals surface area contributed by atoms with E-state index < -0.39 is 23.7 Å². The number of nitroso groups, excluding NO2 is 1. The predicted octanol–water partition coefficient (Wildman–Crippen LogP) is 0.853. The fourth-order valence-electron chi connectivity index (χ4n) is 1.35. The molecule has 1 unspecified atom stereocenters. The molecule has 0 amide bonds. The Bertz CT molecular complexity index is 435. The van der Waals surface area contributed by atoms with Crippen molar-refractivity contribution in [3.63, 3.8) is 0 Å². The molecule has 2 N–H and O–H groups in total. The molecule has 0 spiro atoms. The lowest BCUT2D eigenvalue weighted by atomic mass is 10.0. The van der Waals surface area contributed by atoms with Gasteiger partial charge in [-0.15, -0.1) is 0 Å². The van der Waals surface area contributed by atoms with Gasteiger partial charge in [0.05, 0.1) is 18.1 Å². The number of benzene rings is 1. The van der Waals surface area contributed by atoms with Crippen LogP contribution in [0, 0.1) is 15.0 Å². The molecule has 0 saturated carbocycles. The van der Waals surface area contributed by atoms with E-state index >= 15 is 0 Å². The van der Waals surface area contributed by atoms with Gasteiger partial charge in [0.25, 0.3) is 5.69 Å². The summed E-state index contributed by atoms with van der Waals surface area (Å²) in [4.78, 5) is 20.0. The van der Waals surface area contributed by atoms with E-state index in [0.717, 1.165) is 0 Å². The minimum atomic E-state index is -1.59. The van der Waals surface area contributed by atoms with Crippen molar-refractivity contribution < 1.29 is 19.9 Å². The number of non-ortho nitro benzene ring substituents is 1. The molecule has 0 radical (unpaired) electrons. The number of ether oxygens (including phenoxy) is 1. The molecule has 19 heavy (non-hydrogen) atoms. The molecule has 1 aromatic carbocycles. The first-order valence-corrected chi connectivity index (χ1v) is 5.50. The van der Waals surface area contributed by atoms with Crippen molar-refractivity contribution in [3.8, 4) is 5.75 Å². The number of nitrogens with zero attached hydrogens (tertiary/aromatic N) is 2. The second-order valence-electron chi connectivity index (χ2n) is 4.02. The Morgan fingerprint density at radius 2 is 2.00 bits per heavy atom. The smallest absolute Gasteiger partial charge is 0.269 e. The molecule has 0 fully saturated rings. The maximum Gasteiger partial charge on any atom is 0.269 e. The predicted molar refractivity (Wildman–Crippen MR) is 65.9 cm³/mol. The Balaban J connectivity index is 2.48. The van der Waals surface area contributed by atoms with Gasteiger partial charge in [0.1, 0.15) is 17.9 Å². The van der Waals surface area contributed by atoms with Crippen LogP contribution in [0.2, 0.25) is 0 Å². The molecule has 8 nitrogen and oxygen atoms in total. The molecule has 1 atom stereocenters. The van der Waals surface area contributed by atoms with Crippen molar-refractivity contribution in [2.45, 2.75) is 12.0 Å². The maximum absolute atomic E-state index is 10.4. The van der Waals surface area contributed by atoms with Crippen molar-refractivity contribution in [1.82, 2.24) is 0 Å². The van der Waals surface area contributed by atoms with E-state index in [4.69, 9.17) is 9.84 Å². The molecule has 0 saturated heterocycles. The van der Waals surface area contributed by atoms with Crippen molar-refractivity contribution in [2.24, 2.45) is 5.18 Å². The number of rotatable bonds is 8. The summed E-state index contributed by atoms with van der Waals surface area (Å²) in [5, 5.41) is 31.6. The molecule has 0 aliphatic heterocycles. The van der Waals surface area contributed by atoms with Crippen LogP contribution in [0.3, 0.4) is 0 Å². The standard InChI is InChI=1S/C11H14N2O6/c14-8-11(15,7-12-16)5-6-19-10-3-1-9(2-4-10)13(17)18/h1-4,14-15H,5-8H2. The fourth-order valence-corrected chi connectivity index (χ4v) is 1.35. The van der Waals surface area contributed by atoms with E-state index in [1.54, 1.807) is 0 Å². The van der Waals surface area contributed by atoms with Crippen molar-refractivity contribution in [1.29, 1.82) is 0 Å². The number of nitro groups is 1. The number of aliphatic hydroxyl groups excluding tert-OH is 1. The van der Waals surface area contributed by atoms with E-state index in [-0.39, 0.29) is 18.7 Å². The molecule has 0 bridgehead atoms. The van der Waals surface area contributed by atoms with E-state index in [0.29, 0.717) is 5.75 Å². The maximum atomic E-state index is 10.4. The van der Waals surface area contributed by atoms with Gasteiger partial charge >= 0.3 is 0 Å². The van der Waals surface area contributed by atoms with Crippen LogP contribution in [-0.4, -0.2) is 40.5 Å². The molecule has 104 valence electrons. The van der Waals surface area contributed by atoms with Gasteiger partial charge in [-0.3, -0.25) is 10.1 Å². The lowest BCUT2D eigenvalue weighted by Gasteiger charge is -2.22. The molecule has 0 aliphatic carbocycles.